The Balaban J connectivity index is 1.60. The molecule has 1 aromatic heterocycles. The van der Waals surface area contributed by atoms with E-state index in [4.69, 9.17) is 9.15 Å². The Bertz CT molecular complexity index is 1180. The maximum atomic E-state index is 13.4. The monoisotopic (exact) mass is 441 g/mol. The molecule has 0 radical (unpaired) electrons. The molecular weight excluding hydrogens is 414 g/mol. The number of hydrogen-bond acceptors (Lipinski definition) is 5. The van der Waals surface area contributed by atoms with Gasteiger partial charge in [-0.15, -0.1) is 0 Å². The van der Waals surface area contributed by atoms with Gasteiger partial charge in [0.15, 0.2) is 9.84 Å². The maximum absolute atomic E-state index is 13.4. The van der Waals surface area contributed by atoms with Gasteiger partial charge in [0.05, 0.1) is 31.3 Å². The third kappa shape index (κ3) is 4.77. The largest absolute Gasteiger partial charge is 0.497 e. The van der Waals surface area contributed by atoms with Crippen LogP contribution in [0, 0.1) is 0 Å². The van der Waals surface area contributed by atoms with Crippen molar-refractivity contribution < 1.29 is 22.4 Å². The molecule has 1 amide bonds. The number of rotatable bonds is 7. The van der Waals surface area contributed by atoms with Crippen molar-refractivity contribution in [2.45, 2.75) is 38.8 Å². The Morgan fingerprint density at radius 1 is 1.16 bits per heavy atom. The normalized spacial score (nSPS) is 17.7. The average molecular weight is 442 g/mol. The molecule has 4 rings (SSSR count). The number of sulfone groups is 1. The van der Waals surface area contributed by atoms with E-state index in [1.165, 1.54) is 5.56 Å². The molecule has 0 spiro atoms. The number of benzene rings is 2. The van der Waals surface area contributed by atoms with Crippen LogP contribution in [0.15, 0.2) is 53.1 Å². The lowest BCUT2D eigenvalue weighted by molar-refractivity contribution is -0.133. The first-order valence-corrected chi connectivity index (χ1v) is 12.3. The first-order valence-electron chi connectivity index (χ1n) is 10.5. The van der Waals surface area contributed by atoms with Crippen molar-refractivity contribution in [2.75, 3.05) is 18.6 Å². The van der Waals surface area contributed by atoms with Gasteiger partial charge in [-0.2, -0.15) is 0 Å². The standard InChI is InChI=1S/C24H27NO5S/c1-3-17-6-9-23-22(12-17)19(15-30-23)13-24(26)25(20-10-11-31(27,28)16-20)14-18-4-7-21(29-2)8-5-18/h4-9,12,15,20H,3,10-11,13-14,16H2,1-2H3. The molecule has 0 saturated carbocycles. The van der Waals surface area contributed by atoms with E-state index in [-0.39, 0.29) is 29.9 Å². The van der Waals surface area contributed by atoms with Crippen molar-refractivity contribution in [2.24, 2.45) is 0 Å². The lowest BCUT2D eigenvalue weighted by Gasteiger charge is -2.28. The highest BCUT2D eigenvalue weighted by Gasteiger charge is 2.34. The highest BCUT2D eigenvalue weighted by atomic mass is 32.2. The van der Waals surface area contributed by atoms with E-state index < -0.39 is 9.84 Å². The second-order valence-electron chi connectivity index (χ2n) is 8.05. The number of aryl methyl sites for hydroxylation is 1. The van der Waals surface area contributed by atoms with Gasteiger partial charge in [0.25, 0.3) is 0 Å². The number of nitrogens with zero attached hydrogens (tertiary/aromatic N) is 1. The van der Waals surface area contributed by atoms with Crippen molar-refractivity contribution in [1.82, 2.24) is 4.90 Å². The number of furan rings is 1. The average Bonchev–Trinajstić information content (AvgIpc) is 3.34. The molecule has 1 aliphatic heterocycles. The summed E-state index contributed by atoms with van der Waals surface area (Å²) in [6.07, 6.45) is 3.18. The fourth-order valence-corrected chi connectivity index (χ4v) is 5.85. The van der Waals surface area contributed by atoms with E-state index >= 15 is 0 Å². The topological polar surface area (TPSA) is 76.8 Å². The molecule has 1 fully saturated rings. The summed E-state index contributed by atoms with van der Waals surface area (Å²) in [6.45, 7) is 2.45. The van der Waals surface area contributed by atoms with Crippen molar-refractivity contribution in [1.29, 1.82) is 0 Å². The molecule has 1 saturated heterocycles. The van der Waals surface area contributed by atoms with Gasteiger partial charge in [-0.25, -0.2) is 8.42 Å². The van der Waals surface area contributed by atoms with Crippen LogP contribution in [0.1, 0.15) is 30.0 Å². The Hall–Kier alpha value is -2.80. The third-order valence-corrected chi connectivity index (χ3v) is 7.70. The zero-order chi connectivity index (χ0) is 22.0. The fourth-order valence-electron chi connectivity index (χ4n) is 4.12. The molecule has 1 unspecified atom stereocenters. The van der Waals surface area contributed by atoms with E-state index in [0.717, 1.165) is 34.3 Å². The van der Waals surface area contributed by atoms with Crippen LogP contribution < -0.4 is 4.74 Å². The summed E-state index contributed by atoms with van der Waals surface area (Å²) in [5.41, 5.74) is 3.70. The summed E-state index contributed by atoms with van der Waals surface area (Å²) < 4.78 is 35.1. The minimum atomic E-state index is -3.12. The molecule has 31 heavy (non-hydrogen) atoms. The summed E-state index contributed by atoms with van der Waals surface area (Å²) in [5.74, 6) is 0.781. The molecule has 1 aliphatic rings. The molecule has 1 atom stereocenters. The van der Waals surface area contributed by atoms with Crippen molar-refractivity contribution in [3.8, 4) is 5.75 Å². The Kier molecular flexibility index (Phi) is 6.05. The van der Waals surface area contributed by atoms with E-state index in [1.54, 1.807) is 18.3 Å². The lowest BCUT2D eigenvalue weighted by Crippen LogP contribution is -2.41. The van der Waals surface area contributed by atoms with E-state index in [1.807, 2.05) is 36.4 Å². The molecule has 0 aliphatic carbocycles. The zero-order valence-electron chi connectivity index (χ0n) is 17.8. The fraction of sp³-hybridized carbons (Fsp3) is 0.375. The number of hydrogen-bond donors (Lipinski definition) is 0. The van der Waals surface area contributed by atoms with Gasteiger partial charge in [0.2, 0.25) is 5.91 Å². The molecular formula is C24H27NO5S. The minimum Gasteiger partial charge on any atom is -0.497 e. The Morgan fingerprint density at radius 3 is 2.55 bits per heavy atom. The van der Waals surface area contributed by atoms with E-state index in [9.17, 15) is 13.2 Å². The van der Waals surface area contributed by atoms with Crippen LogP contribution in [0.4, 0.5) is 0 Å². The highest BCUT2D eigenvalue weighted by Crippen LogP contribution is 2.26. The Labute approximate surface area is 182 Å². The molecule has 2 aromatic carbocycles. The SMILES string of the molecule is CCc1ccc2occ(CC(=O)N(Cc3ccc(OC)cc3)C3CCS(=O)(=O)C3)c2c1. The predicted octanol–water partition coefficient (Wildman–Crippen LogP) is 3.76. The van der Waals surface area contributed by atoms with Gasteiger partial charge in [-0.1, -0.05) is 25.1 Å². The highest BCUT2D eigenvalue weighted by molar-refractivity contribution is 7.91. The molecule has 0 bridgehead atoms. The minimum absolute atomic E-state index is 0.0149. The number of carbonyl (C=O) groups is 1. The van der Waals surface area contributed by atoms with Gasteiger partial charge in [-0.05, 0) is 48.2 Å². The van der Waals surface area contributed by atoms with Gasteiger partial charge >= 0.3 is 0 Å². The second-order valence-corrected chi connectivity index (χ2v) is 10.3. The first kappa shape index (κ1) is 21.4. The van der Waals surface area contributed by atoms with Crippen LogP contribution >= 0.6 is 0 Å². The van der Waals surface area contributed by atoms with Crippen LogP contribution in [-0.2, 0) is 34.0 Å². The van der Waals surface area contributed by atoms with Crippen LogP contribution in [0.3, 0.4) is 0 Å². The van der Waals surface area contributed by atoms with Gasteiger partial charge in [0, 0.05) is 23.5 Å². The number of ether oxygens (including phenoxy) is 1. The number of carbonyl (C=O) groups excluding carboxylic acids is 1. The van der Waals surface area contributed by atoms with Crippen molar-refractivity contribution >= 4 is 26.7 Å². The van der Waals surface area contributed by atoms with Crippen LogP contribution in [0.25, 0.3) is 11.0 Å². The van der Waals surface area contributed by atoms with Crippen molar-refractivity contribution in [3.05, 3.63) is 65.4 Å². The molecule has 2 heterocycles. The predicted molar refractivity (Wildman–Crippen MR) is 120 cm³/mol. The van der Waals surface area contributed by atoms with Crippen molar-refractivity contribution in [3.63, 3.8) is 0 Å². The summed E-state index contributed by atoms with van der Waals surface area (Å²) in [6, 6.07) is 13.2. The van der Waals surface area contributed by atoms with Gasteiger partial charge in [-0.3, -0.25) is 4.79 Å². The van der Waals surface area contributed by atoms with Gasteiger partial charge in [0.1, 0.15) is 11.3 Å². The number of fused-ring (bicyclic) bond motifs is 1. The summed E-state index contributed by atoms with van der Waals surface area (Å²) >= 11 is 0. The van der Waals surface area contributed by atoms with Crippen LogP contribution in [-0.4, -0.2) is 43.9 Å². The third-order valence-electron chi connectivity index (χ3n) is 5.95. The zero-order valence-corrected chi connectivity index (χ0v) is 18.7. The first-order chi connectivity index (χ1) is 14.9. The Morgan fingerprint density at radius 2 is 1.90 bits per heavy atom. The molecule has 0 N–H and O–H groups in total. The molecule has 6 nitrogen and oxygen atoms in total. The number of methoxy groups -OCH3 is 1. The quantitative estimate of drug-likeness (QED) is 0.558. The number of amides is 1. The molecule has 164 valence electrons. The van der Waals surface area contributed by atoms with E-state index in [2.05, 4.69) is 13.0 Å². The lowest BCUT2D eigenvalue weighted by atomic mass is 10.0. The van der Waals surface area contributed by atoms with Crippen LogP contribution in [0.5, 0.6) is 5.75 Å². The summed E-state index contributed by atoms with van der Waals surface area (Å²) in [7, 11) is -1.51. The maximum Gasteiger partial charge on any atom is 0.227 e. The second kappa shape index (κ2) is 8.75. The molecule has 3 aromatic rings. The summed E-state index contributed by atoms with van der Waals surface area (Å²) in [5, 5.41) is 0.941. The van der Waals surface area contributed by atoms with Crippen LogP contribution in [0.2, 0.25) is 0 Å². The summed E-state index contributed by atoms with van der Waals surface area (Å²) in [4.78, 5) is 15.1. The van der Waals surface area contributed by atoms with Gasteiger partial charge < -0.3 is 14.1 Å². The smallest absolute Gasteiger partial charge is 0.227 e. The van der Waals surface area contributed by atoms with E-state index in [0.29, 0.717) is 13.0 Å². The molecule has 7 heteroatoms.